The third-order valence-corrected chi connectivity index (χ3v) is 7.19. The second-order valence-corrected chi connectivity index (χ2v) is 10.4. The van der Waals surface area contributed by atoms with E-state index in [0.717, 1.165) is 28.5 Å². The first-order valence-corrected chi connectivity index (χ1v) is 14.4. The Hall–Kier alpha value is -4.85. The Morgan fingerprint density at radius 2 is 1.82 bits per heavy atom. The predicted octanol–water partition coefficient (Wildman–Crippen LogP) is 6.36. The monoisotopic (exact) mass is 625 g/mol. The zero-order valence-electron chi connectivity index (χ0n) is 23.6. The fourth-order valence-corrected chi connectivity index (χ4v) is 5.12. The molecule has 0 atom stereocenters. The number of aromatic nitrogens is 3. The van der Waals surface area contributed by atoms with Crippen LogP contribution in [0.25, 0.3) is 17.1 Å². The topological polar surface area (TPSA) is 108 Å². The lowest BCUT2D eigenvalue weighted by Crippen LogP contribution is -2.30. The second kappa shape index (κ2) is 13.2. The summed E-state index contributed by atoms with van der Waals surface area (Å²) in [5, 5.41) is 4.62. The number of aliphatic imine (C=N–C) groups is 1. The van der Waals surface area contributed by atoms with Crippen LogP contribution in [0.15, 0.2) is 78.0 Å². The molecule has 228 valence electrons. The highest BCUT2D eigenvalue weighted by molar-refractivity contribution is 8.15. The molecule has 3 aromatic carbocycles. The van der Waals surface area contributed by atoms with Gasteiger partial charge in [-0.05, 0) is 61.4 Å². The molecule has 2 amide bonds. The minimum absolute atomic E-state index is 0.0726. The van der Waals surface area contributed by atoms with Crippen molar-refractivity contribution in [2.45, 2.75) is 26.6 Å². The van der Waals surface area contributed by atoms with Crippen molar-refractivity contribution in [3.05, 3.63) is 84.2 Å². The zero-order valence-corrected chi connectivity index (χ0v) is 24.4. The number of hydrogen-bond acceptors (Lipinski definition) is 8. The van der Waals surface area contributed by atoms with Gasteiger partial charge in [-0.15, -0.1) is 18.3 Å². The van der Waals surface area contributed by atoms with Crippen molar-refractivity contribution >= 4 is 34.6 Å². The first kappa shape index (κ1) is 30.6. The number of carbonyl (C=O) groups excluding carboxylic acids is 2. The van der Waals surface area contributed by atoms with Gasteiger partial charge in [-0.25, -0.2) is 14.5 Å². The number of halogens is 3. The van der Waals surface area contributed by atoms with Crippen LogP contribution in [0.4, 0.5) is 23.7 Å². The van der Waals surface area contributed by atoms with Gasteiger partial charge in [0.1, 0.15) is 17.8 Å². The molecule has 0 N–H and O–H groups in total. The Bertz CT molecular complexity index is 1670. The van der Waals surface area contributed by atoms with Gasteiger partial charge < -0.3 is 14.2 Å². The summed E-state index contributed by atoms with van der Waals surface area (Å²) in [5.41, 5.74) is 3.58. The summed E-state index contributed by atoms with van der Waals surface area (Å²) >= 11 is 1.16. The molecule has 1 aliphatic heterocycles. The highest BCUT2D eigenvalue weighted by Crippen LogP contribution is 2.35. The molecule has 4 aromatic rings. The first-order valence-electron chi connectivity index (χ1n) is 13.4. The van der Waals surface area contributed by atoms with E-state index in [2.05, 4.69) is 19.8 Å². The van der Waals surface area contributed by atoms with E-state index in [4.69, 9.17) is 9.47 Å². The number of aryl methyl sites for hydroxylation is 1. The number of amides is 2. The number of rotatable bonds is 9. The number of carbonyl (C=O) groups is 2. The number of ether oxygens (including phenoxy) is 3. The Balaban J connectivity index is 1.17. The maximum absolute atomic E-state index is 12.7. The molecule has 2 heterocycles. The largest absolute Gasteiger partial charge is 0.573 e. The van der Waals surface area contributed by atoms with Crippen LogP contribution in [-0.4, -0.2) is 57.3 Å². The molecular formula is C30H26F3N5O5S. The van der Waals surface area contributed by atoms with E-state index in [1.807, 2.05) is 50.2 Å². The number of nitrogens with zero attached hydrogens (tertiary/aromatic N) is 5. The maximum Gasteiger partial charge on any atom is 0.573 e. The first-order chi connectivity index (χ1) is 21.1. The molecular weight excluding hydrogens is 599 g/mol. The molecule has 1 aliphatic rings. The molecule has 0 spiro atoms. The number of amidine groups is 1. The van der Waals surface area contributed by atoms with Gasteiger partial charge in [0.15, 0.2) is 11.0 Å². The molecule has 0 unspecified atom stereocenters. The normalized spacial score (nSPS) is 14.2. The van der Waals surface area contributed by atoms with Crippen LogP contribution < -0.4 is 14.4 Å². The van der Waals surface area contributed by atoms with Gasteiger partial charge in [0.05, 0.1) is 30.3 Å². The predicted molar refractivity (Wildman–Crippen MR) is 158 cm³/mol. The van der Waals surface area contributed by atoms with E-state index in [1.165, 1.54) is 40.2 Å². The summed E-state index contributed by atoms with van der Waals surface area (Å²) in [4.78, 5) is 34.9. The zero-order chi connectivity index (χ0) is 31.3. The average Bonchev–Trinajstić information content (AvgIpc) is 3.61. The van der Waals surface area contributed by atoms with Crippen LogP contribution in [0.1, 0.15) is 18.1 Å². The molecule has 0 saturated carbocycles. The summed E-state index contributed by atoms with van der Waals surface area (Å²) in [7, 11) is 0. The molecule has 1 fully saturated rings. The van der Waals surface area contributed by atoms with E-state index < -0.39 is 12.5 Å². The van der Waals surface area contributed by atoms with Gasteiger partial charge in [-0.3, -0.25) is 9.69 Å². The van der Waals surface area contributed by atoms with Crippen molar-refractivity contribution in [3.63, 3.8) is 0 Å². The summed E-state index contributed by atoms with van der Waals surface area (Å²) in [6, 6.07) is 18.1. The van der Waals surface area contributed by atoms with Crippen molar-refractivity contribution in [1.29, 1.82) is 0 Å². The van der Waals surface area contributed by atoms with Crippen molar-refractivity contribution < 1.29 is 37.0 Å². The lowest BCUT2D eigenvalue weighted by Gasteiger charge is -2.20. The number of alkyl halides is 3. The smallest absolute Gasteiger partial charge is 0.492 e. The molecule has 1 aromatic heterocycles. The minimum Gasteiger partial charge on any atom is -0.492 e. The van der Waals surface area contributed by atoms with Crippen LogP contribution in [0.5, 0.6) is 11.5 Å². The number of thioether (sulfide) groups is 1. The molecule has 0 radical (unpaired) electrons. The fraction of sp³-hybridized carbons (Fsp3) is 0.233. The summed E-state index contributed by atoms with van der Waals surface area (Å²) in [6.45, 7) is 4.24. The summed E-state index contributed by atoms with van der Waals surface area (Å²) in [6.07, 6.45) is -3.69. The Labute approximate surface area is 254 Å². The van der Waals surface area contributed by atoms with E-state index >= 15 is 0 Å². The minimum atomic E-state index is -4.76. The van der Waals surface area contributed by atoms with Crippen LogP contribution >= 0.6 is 11.8 Å². The standard InChI is InChI=1S/C30H26F3N5O5S/c1-3-41-25-13-4-19(2)16-24(25)38-26(39)17-44-28(38)35-29(40)42-15-14-20-5-7-21(8-6-20)27-34-18-37(36-27)22-9-11-23(12-10-22)43-30(31,32)33/h4-13,16,18H,3,14-15,17H2,1-2H3/b35-28-. The van der Waals surface area contributed by atoms with Gasteiger partial charge in [0.2, 0.25) is 5.91 Å². The lowest BCUT2D eigenvalue weighted by molar-refractivity contribution is -0.274. The Morgan fingerprint density at radius 1 is 1.07 bits per heavy atom. The third kappa shape index (κ3) is 7.56. The fourth-order valence-electron chi connectivity index (χ4n) is 4.27. The Kier molecular flexibility index (Phi) is 9.18. The average molecular weight is 626 g/mol. The van der Waals surface area contributed by atoms with Gasteiger partial charge in [-0.1, -0.05) is 42.1 Å². The molecule has 5 rings (SSSR count). The van der Waals surface area contributed by atoms with E-state index in [9.17, 15) is 22.8 Å². The number of hydrogen-bond donors (Lipinski definition) is 0. The van der Waals surface area contributed by atoms with Gasteiger partial charge in [0.25, 0.3) is 0 Å². The van der Waals surface area contributed by atoms with Crippen molar-refractivity contribution in [3.8, 4) is 28.6 Å². The van der Waals surface area contributed by atoms with Gasteiger partial charge in [-0.2, -0.15) is 4.99 Å². The van der Waals surface area contributed by atoms with Crippen molar-refractivity contribution in [2.24, 2.45) is 4.99 Å². The van der Waals surface area contributed by atoms with Crippen molar-refractivity contribution in [2.75, 3.05) is 23.9 Å². The molecule has 44 heavy (non-hydrogen) atoms. The highest BCUT2D eigenvalue weighted by atomic mass is 32.2. The van der Waals surface area contributed by atoms with E-state index in [1.54, 1.807) is 6.07 Å². The van der Waals surface area contributed by atoms with Gasteiger partial charge >= 0.3 is 12.5 Å². The van der Waals surface area contributed by atoms with E-state index in [0.29, 0.717) is 36.0 Å². The molecule has 0 aliphatic carbocycles. The van der Waals surface area contributed by atoms with Crippen molar-refractivity contribution in [1.82, 2.24) is 14.8 Å². The van der Waals surface area contributed by atoms with Crippen LogP contribution in [-0.2, 0) is 16.0 Å². The SMILES string of the molecule is CCOc1ccc(C)cc1N1C(=O)CS/C1=N\C(=O)OCCc1ccc(-c2ncn(-c3ccc(OC(F)(F)F)cc3)n2)cc1. The van der Waals surface area contributed by atoms with Gasteiger partial charge in [0, 0.05) is 12.0 Å². The van der Waals surface area contributed by atoms with E-state index in [-0.39, 0.29) is 29.2 Å². The quantitative estimate of drug-likeness (QED) is 0.212. The third-order valence-electron chi connectivity index (χ3n) is 6.26. The summed E-state index contributed by atoms with van der Waals surface area (Å²) < 4.78 is 53.5. The second-order valence-electron chi connectivity index (χ2n) is 9.43. The van der Waals surface area contributed by atoms with Crippen LogP contribution in [0, 0.1) is 6.92 Å². The highest BCUT2D eigenvalue weighted by Gasteiger charge is 2.33. The lowest BCUT2D eigenvalue weighted by atomic mass is 10.1. The Morgan fingerprint density at radius 3 is 2.52 bits per heavy atom. The van der Waals surface area contributed by atoms with Crippen LogP contribution in [0.2, 0.25) is 0 Å². The molecule has 14 heteroatoms. The maximum atomic E-state index is 12.7. The number of benzene rings is 3. The molecule has 1 saturated heterocycles. The van der Waals surface area contributed by atoms with Crippen LogP contribution in [0.3, 0.4) is 0 Å². The molecule has 10 nitrogen and oxygen atoms in total. The number of anilines is 1. The summed E-state index contributed by atoms with van der Waals surface area (Å²) in [5.74, 6) is 0.552. The molecule has 0 bridgehead atoms.